The molecule has 1 atom stereocenters. The number of aromatic nitrogens is 2. The van der Waals surface area contributed by atoms with E-state index >= 15 is 0 Å². The van der Waals surface area contributed by atoms with E-state index in [-0.39, 0.29) is 6.10 Å². The second-order valence-electron chi connectivity index (χ2n) is 4.57. The molecule has 1 aromatic carbocycles. The van der Waals surface area contributed by atoms with Gasteiger partial charge >= 0.3 is 0 Å². The molecule has 0 fully saturated rings. The highest BCUT2D eigenvalue weighted by Gasteiger charge is 2.09. The van der Waals surface area contributed by atoms with Gasteiger partial charge in [-0.2, -0.15) is 4.98 Å². The standard InChI is InChI=1S/C14H19N3O2/c1-10-4-6-12(7-5-10)15-9-14-16-13(17-19-14)8-11(2)18-3/h4-7,11,15H,8-9H2,1-3H3. The molecule has 0 aliphatic carbocycles. The number of hydrogen-bond donors (Lipinski definition) is 1. The van der Waals surface area contributed by atoms with Crippen LogP contribution < -0.4 is 5.32 Å². The van der Waals surface area contributed by atoms with Gasteiger partial charge in [-0.05, 0) is 26.0 Å². The molecule has 2 rings (SSSR count). The molecule has 1 aromatic heterocycles. The lowest BCUT2D eigenvalue weighted by atomic mass is 10.2. The molecule has 0 saturated heterocycles. The Hall–Kier alpha value is -1.88. The molecule has 1 heterocycles. The van der Waals surface area contributed by atoms with Crippen molar-refractivity contribution in [1.82, 2.24) is 10.1 Å². The summed E-state index contributed by atoms with van der Waals surface area (Å²) in [6, 6.07) is 8.17. The highest BCUT2D eigenvalue weighted by atomic mass is 16.5. The van der Waals surface area contributed by atoms with Gasteiger partial charge in [0.05, 0.1) is 12.6 Å². The minimum atomic E-state index is 0.0931. The number of rotatable bonds is 6. The van der Waals surface area contributed by atoms with E-state index in [9.17, 15) is 0 Å². The number of ether oxygens (including phenoxy) is 1. The van der Waals surface area contributed by atoms with Crippen LogP contribution in [0.3, 0.4) is 0 Å². The molecular weight excluding hydrogens is 242 g/mol. The first-order valence-electron chi connectivity index (χ1n) is 6.32. The van der Waals surface area contributed by atoms with Crippen LogP contribution in [0.1, 0.15) is 24.2 Å². The highest BCUT2D eigenvalue weighted by Crippen LogP contribution is 2.10. The number of nitrogens with zero attached hydrogens (tertiary/aromatic N) is 2. The smallest absolute Gasteiger partial charge is 0.245 e. The first kappa shape index (κ1) is 13.5. The van der Waals surface area contributed by atoms with Gasteiger partial charge in [0.2, 0.25) is 5.89 Å². The van der Waals surface area contributed by atoms with Crippen LogP contribution in [0, 0.1) is 6.92 Å². The topological polar surface area (TPSA) is 60.2 Å². The van der Waals surface area contributed by atoms with Gasteiger partial charge in [-0.1, -0.05) is 22.9 Å². The molecule has 5 heteroatoms. The van der Waals surface area contributed by atoms with Crippen LogP contribution in [0.2, 0.25) is 0 Å². The number of hydrogen-bond acceptors (Lipinski definition) is 5. The maximum absolute atomic E-state index is 5.18. The van der Waals surface area contributed by atoms with Crippen molar-refractivity contribution < 1.29 is 9.26 Å². The van der Waals surface area contributed by atoms with Gasteiger partial charge in [0.1, 0.15) is 0 Å². The molecule has 2 aromatic rings. The first-order valence-corrected chi connectivity index (χ1v) is 6.32. The van der Waals surface area contributed by atoms with Gasteiger partial charge in [0, 0.05) is 19.2 Å². The summed E-state index contributed by atoms with van der Waals surface area (Å²) in [5, 5.41) is 7.17. The predicted octanol–water partition coefficient (Wildman–Crippen LogP) is 2.57. The van der Waals surface area contributed by atoms with E-state index < -0.39 is 0 Å². The largest absolute Gasteiger partial charge is 0.381 e. The summed E-state index contributed by atoms with van der Waals surface area (Å²) in [5.74, 6) is 1.26. The fourth-order valence-electron chi connectivity index (χ4n) is 1.63. The van der Waals surface area contributed by atoms with Gasteiger partial charge in [-0.15, -0.1) is 0 Å². The van der Waals surface area contributed by atoms with Crippen LogP contribution in [0.15, 0.2) is 28.8 Å². The summed E-state index contributed by atoms with van der Waals surface area (Å²) in [6.45, 7) is 4.56. The summed E-state index contributed by atoms with van der Waals surface area (Å²) in [6.07, 6.45) is 0.750. The van der Waals surface area contributed by atoms with Crippen LogP contribution in [-0.4, -0.2) is 23.4 Å². The zero-order valence-corrected chi connectivity index (χ0v) is 11.5. The molecule has 0 spiro atoms. The lowest BCUT2D eigenvalue weighted by molar-refractivity contribution is 0.116. The second kappa shape index (κ2) is 6.33. The Balaban J connectivity index is 1.88. The minimum absolute atomic E-state index is 0.0931. The van der Waals surface area contributed by atoms with Crippen molar-refractivity contribution in [3.05, 3.63) is 41.5 Å². The molecule has 0 saturated carbocycles. The van der Waals surface area contributed by atoms with E-state index in [1.54, 1.807) is 7.11 Å². The summed E-state index contributed by atoms with van der Waals surface area (Å²) < 4.78 is 10.3. The predicted molar refractivity (Wildman–Crippen MR) is 73.0 cm³/mol. The van der Waals surface area contributed by atoms with Crippen LogP contribution >= 0.6 is 0 Å². The maximum Gasteiger partial charge on any atom is 0.245 e. The third kappa shape index (κ3) is 4.06. The Labute approximate surface area is 113 Å². The fourth-order valence-corrected chi connectivity index (χ4v) is 1.63. The maximum atomic E-state index is 5.18. The van der Waals surface area contributed by atoms with Crippen molar-refractivity contribution in [3.63, 3.8) is 0 Å². The quantitative estimate of drug-likeness (QED) is 0.866. The van der Waals surface area contributed by atoms with Gasteiger partial charge < -0.3 is 14.6 Å². The number of anilines is 1. The van der Waals surface area contributed by atoms with Crippen molar-refractivity contribution >= 4 is 5.69 Å². The monoisotopic (exact) mass is 261 g/mol. The highest BCUT2D eigenvalue weighted by molar-refractivity contribution is 5.44. The summed E-state index contributed by atoms with van der Waals surface area (Å²) in [4.78, 5) is 4.31. The summed E-state index contributed by atoms with van der Waals surface area (Å²) in [7, 11) is 1.67. The second-order valence-corrected chi connectivity index (χ2v) is 4.57. The molecule has 5 nitrogen and oxygen atoms in total. The number of benzene rings is 1. The Morgan fingerprint density at radius 2 is 2.05 bits per heavy atom. The average Bonchev–Trinajstić information content (AvgIpc) is 2.85. The van der Waals surface area contributed by atoms with E-state index in [4.69, 9.17) is 9.26 Å². The lowest BCUT2D eigenvalue weighted by Gasteiger charge is -2.04. The lowest BCUT2D eigenvalue weighted by Crippen LogP contribution is -2.09. The van der Waals surface area contributed by atoms with Crippen molar-refractivity contribution in [2.24, 2.45) is 0 Å². The zero-order valence-electron chi connectivity index (χ0n) is 11.5. The molecule has 0 aliphatic rings. The molecule has 0 radical (unpaired) electrons. The number of aryl methyl sites for hydroxylation is 1. The Morgan fingerprint density at radius 1 is 1.32 bits per heavy atom. The van der Waals surface area contributed by atoms with E-state index in [0.717, 1.165) is 5.69 Å². The van der Waals surface area contributed by atoms with Gasteiger partial charge in [-0.25, -0.2) is 0 Å². The first-order chi connectivity index (χ1) is 9.17. The molecule has 1 unspecified atom stereocenters. The Kier molecular flexibility index (Phi) is 4.52. The van der Waals surface area contributed by atoms with Gasteiger partial charge in [-0.3, -0.25) is 0 Å². The van der Waals surface area contributed by atoms with Crippen molar-refractivity contribution in [2.75, 3.05) is 12.4 Å². The molecule has 0 bridgehead atoms. The van der Waals surface area contributed by atoms with Crippen LogP contribution in [0.25, 0.3) is 0 Å². The van der Waals surface area contributed by atoms with Crippen LogP contribution in [-0.2, 0) is 17.7 Å². The number of methoxy groups -OCH3 is 1. The van der Waals surface area contributed by atoms with Crippen LogP contribution in [0.5, 0.6) is 0 Å². The van der Waals surface area contributed by atoms with E-state index in [1.807, 2.05) is 19.1 Å². The summed E-state index contributed by atoms with van der Waals surface area (Å²) >= 11 is 0. The molecular formula is C14H19N3O2. The van der Waals surface area contributed by atoms with E-state index in [2.05, 4.69) is 34.5 Å². The van der Waals surface area contributed by atoms with E-state index in [0.29, 0.717) is 24.7 Å². The molecule has 0 aliphatic heterocycles. The molecule has 1 N–H and O–H groups in total. The normalized spacial score (nSPS) is 12.4. The average molecular weight is 261 g/mol. The summed E-state index contributed by atoms with van der Waals surface area (Å²) in [5.41, 5.74) is 2.27. The van der Waals surface area contributed by atoms with Gasteiger partial charge in [0.15, 0.2) is 5.82 Å². The van der Waals surface area contributed by atoms with Gasteiger partial charge in [0.25, 0.3) is 0 Å². The molecule has 0 amide bonds. The number of nitrogens with one attached hydrogen (secondary N) is 1. The Bertz CT molecular complexity index is 508. The molecule has 19 heavy (non-hydrogen) atoms. The fraction of sp³-hybridized carbons (Fsp3) is 0.429. The minimum Gasteiger partial charge on any atom is -0.381 e. The third-order valence-corrected chi connectivity index (χ3v) is 2.88. The van der Waals surface area contributed by atoms with Crippen molar-refractivity contribution in [3.8, 4) is 0 Å². The Morgan fingerprint density at radius 3 is 2.74 bits per heavy atom. The third-order valence-electron chi connectivity index (χ3n) is 2.88. The van der Waals surface area contributed by atoms with Crippen molar-refractivity contribution in [1.29, 1.82) is 0 Å². The van der Waals surface area contributed by atoms with Crippen molar-refractivity contribution in [2.45, 2.75) is 32.9 Å². The van der Waals surface area contributed by atoms with Crippen LogP contribution in [0.4, 0.5) is 5.69 Å². The molecule has 102 valence electrons. The van der Waals surface area contributed by atoms with E-state index in [1.165, 1.54) is 5.56 Å². The zero-order chi connectivity index (χ0) is 13.7. The SMILES string of the molecule is COC(C)Cc1noc(CNc2ccc(C)cc2)n1.